The van der Waals surface area contributed by atoms with Crippen LogP contribution in [0.25, 0.3) is 0 Å². The van der Waals surface area contributed by atoms with Crippen LogP contribution in [-0.4, -0.2) is 22.7 Å². The fourth-order valence-electron chi connectivity index (χ4n) is 2.07. The fraction of sp³-hybridized carbons (Fsp3) is 0.500. The van der Waals surface area contributed by atoms with Crippen LogP contribution in [0, 0.1) is 17.2 Å². The molecule has 1 saturated carbocycles. The molecule has 1 aromatic heterocycles. The summed E-state index contributed by atoms with van der Waals surface area (Å²) >= 11 is 0. The maximum Gasteiger partial charge on any atom is 0.140 e. The number of nitrogens with zero attached hydrogens (tertiary/aromatic N) is 2. The Morgan fingerprint density at radius 3 is 2.94 bits per heavy atom. The second kappa shape index (κ2) is 4.95. The van der Waals surface area contributed by atoms with Crippen molar-refractivity contribution in [2.24, 2.45) is 5.92 Å². The lowest BCUT2D eigenvalue weighted by atomic mass is 10.1. The number of aliphatic hydroxyl groups is 1. The first kappa shape index (κ1) is 10.9. The quantitative estimate of drug-likeness (QED) is 0.805. The van der Waals surface area contributed by atoms with Gasteiger partial charge in [-0.1, -0.05) is 6.42 Å². The maximum absolute atomic E-state index is 9.65. The van der Waals surface area contributed by atoms with Gasteiger partial charge in [0, 0.05) is 12.5 Å². The smallest absolute Gasteiger partial charge is 0.140 e. The van der Waals surface area contributed by atoms with Gasteiger partial charge in [-0.3, -0.25) is 0 Å². The van der Waals surface area contributed by atoms with E-state index in [4.69, 9.17) is 5.26 Å². The predicted octanol–water partition coefficient (Wildman–Crippen LogP) is 1.53. The van der Waals surface area contributed by atoms with E-state index in [2.05, 4.69) is 10.3 Å². The van der Waals surface area contributed by atoms with Crippen molar-refractivity contribution >= 4 is 5.69 Å². The van der Waals surface area contributed by atoms with Crippen LogP contribution < -0.4 is 5.32 Å². The molecular formula is C12H15N3O. The van der Waals surface area contributed by atoms with Crippen LogP contribution in [0.2, 0.25) is 0 Å². The summed E-state index contributed by atoms with van der Waals surface area (Å²) in [4.78, 5) is 3.98. The molecule has 1 aliphatic carbocycles. The van der Waals surface area contributed by atoms with Crippen molar-refractivity contribution in [2.75, 3.05) is 11.9 Å². The normalized spacial score (nSPS) is 24.0. The Kier molecular flexibility index (Phi) is 3.37. The van der Waals surface area contributed by atoms with Gasteiger partial charge in [0.2, 0.25) is 0 Å². The number of rotatable bonds is 3. The first-order valence-corrected chi connectivity index (χ1v) is 5.57. The van der Waals surface area contributed by atoms with Crippen LogP contribution in [-0.2, 0) is 0 Å². The van der Waals surface area contributed by atoms with Crippen LogP contribution in [0.15, 0.2) is 18.3 Å². The third kappa shape index (κ3) is 2.50. The zero-order valence-electron chi connectivity index (χ0n) is 9.06. The Hall–Kier alpha value is -1.60. The summed E-state index contributed by atoms with van der Waals surface area (Å²) < 4.78 is 0. The molecule has 4 nitrogen and oxygen atoms in total. The molecule has 1 heterocycles. The minimum atomic E-state index is -0.168. The van der Waals surface area contributed by atoms with Gasteiger partial charge in [-0.25, -0.2) is 4.98 Å². The molecular weight excluding hydrogens is 202 g/mol. The number of hydrogen-bond donors (Lipinski definition) is 2. The van der Waals surface area contributed by atoms with Gasteiger partial charge >= 0.3 is 0 Å². The third-order valence-corrected chi connectivity index (χ3v) is 3.07. The van der Waals surface area contributed by atoms with E-state index in [0.29, 0.717) is 11.6 Å². The Labute approximate surface area is 94.9 Å². The van der Waals surface area contributed by atoms with Crippen LogP contribution in [0.4, 0.5) is 5.69 Å². The van der Waals surface area contributed by atoms with Crippen LogP contribution in [0.5, 0.6) is 0 Å². The molecule has 2 unspecified atom stereocenters. The van der Waals surface area contributed by atoms with Crippen molar-refractivity contribution in [1.29, 1.82) is 5.26 Å². The second-order valence-electron chi connectivity index (χ2n) is 4.18. The fourth-order valence-corrected chi connectivity index (χ4v) is 2.07. The molecule has 0 aliphatic heterocycles. The average Bonchev–Trinajstić information content (AvgIpc) is 2.73. The SMILES string of the molecule is N#Cc1ccc(NCC2CCCC2O)cn1. The predicted molar refractivity (Wildman–Crippen MR) is 60.8 cm³/mol. The minimum absolute atomic E-state index is 0.168. The monoisotopic (exact) mass is 217 g/mol. The molecule has 1 aromatic rings. The van der Waals surface area contributed by atoms with E-state index in [0.717, 1.165) is 31.5 Å². The first-order chi connectivity index (χ1) is 7.79. The molecule has 2 rings (SSSR count). The average molecular weight is 217 g/mol. The van der Waals surface area contributed by atoms with Crippen molar-refractivity contribution < 1.29 is 5.11 Å². The van der Waals surface area contributed by atoms with Crippen molar-refractivity contribution in [3.63, 3.8) is 0 Å². The van der Waals surface area contributed by atoms with E-state index in [1.807, 2.05) is 12.1 Å². The van der Waals surface area contributed by atoms with Gasteiger partial charge in [-0.2, -0.15) is 5.26 Å². The Morgan fingerprint density at radius 2 is 2.38 bits per heavy atom. The summed E-state index contributed by atoms with van der Waals surface area (Å²) in [6.45, 7) is 0.773. The summed E-state index contributed by atoms with van der Waals surface area (Å²) in [5, 5.41) is 21.5. The van der Waals surface area contributed by atoms with Gasteiger partial charge in [-0.05, 0) is 25.0 Å². The number of pyridine rings is 1. The summed E-state index contributed by atoms with van der Waals surface area (Å²) in [7, 11) is 0. The molecule has 0 aromatic carbocycles. The first-order valence-electron chi connectivity index (χ1n) is 5.57. The summed E-state index contributed by atoms with van der Waals surface area (Å²) in [5.74, 6) is 0.343. The Balaban J connectivity index is 1.87. The highest BCUT2D eigenvalue weighted by molar-refractivity contribution is 5.42. The van der Waals surface area contributed by atoms with E-state index >= 15 is 0 Å². The molecule has 2 N–H and O–H groups in total. The van der Waals surface area contributed by atoms with Gasteiger partial charge in [0.25, 0.3) is 0 Å². The lowest BCUT2D eigenvalue weighted by molar-refractivity contribution is 0.138. The molecule has 4 heteroatoms. The summed E-state index contributed by atoms with van der Waals surface area (Å²) in [5.41, 5.74) is 1.32. The molecule has 2 atom stereocenters. The van der Waals surface area contributed by atoms with E-state index in [-0.39, 0.29) is 6.10 Å². The minimum Gasteiger partial charge on any atom is -0.393 e. The number of aromatic nitrogens is 1. The van der Waals surface area contributed by atoms with E-state index in [1.165, 1.54) is 0 Å². The maximum atomic E-state index is 9.65. The molecule has 0 bridgehead atoms. The molecule has 84 valence electrons. The van der Waals surface area contributed by atoms with Crippen molar-refractivity contribution in [1.82, 2.24) is 4.98 Å². The van der Waals surface area contributed by atoms with Gasteiger partial charge in [0.15, 0.2) is 0 Å². The van der Waals surface area contributed by atoms with Crippen molar-refractivity contribution in [3.05, 3.63) is 24.0 Å². The lowest BCUT2D eigenvalue weighted by Crippen LogP contribution is -2.21. The molecule has 0 saturated heterocycles. The molecule has 0 radical (unpaired) electrons. The number of nitrogens with one attached hydrogen (secondary N) is 1. The van der Waals surface area contributed by atoms with E-state index in [9.17, 15) is 5.11 Å². The second-order valence-corrected chi connectivity index (χ2v) is 4.18. The third-order valence-electron chi connectivity index (χ3n) is 3.07. The highest BCUT2D eigenvalue weighted by Crippen LogP contribution is 2.25. The molecule has 0 spiro atoms. The van der Waals surface area contributed by atoms with Gasteiger partial charge < -0.3 is 10.4 Å². The zero-order valence-corrected chi connectivity index (χ0v) is 9.06. The Morgan fingerprint density at radius 1 is 1.50 bits per heavy atom. The van der Waals surface area contributed by atoms with Crippen LogP contribution in [0.3, 0.4) is 0 Å². The molecule has 16 heavy (non-hydrogen) atoms. The standard InChI is InChI=1S/C12H15N3O/c13-6-10-4-5-11(8-15-10)14-7-9-2-1-3-12(9)16/h4-5,8-9,12,14,16H,1-3,7H2. The number of aliphatic hydroxyl groups excluding tert-OH is 1. The van der Waals surface area contributed by atoms with Gasteiger partial charge in [0.1, 0.15) is 11.8 Å². The van der Waals surface area contributed by atoms with E-state index < -0.39 is 0 Å². The number of anilines is 1. The highest BCUT2D eigenvalue weighted by atomic mass is 16.3. The highest BCUT2D eigenvalue weighted by Gasteiger charge is 2.24. The van der Waals surface area contributed by atoms with Crippen molar-refractivity contribution in [2.45, 2.75) is 25.4 Å². The molecule has 1 fully saturated rings. The van der Waals surface area contributed by atoms with Gasteiger partial charge in [-0.15, -0.1) is 0 Å². The Bertz CT molecular complexity index is 382. The summed E-state index contributed by atoms with van der Waals surface area (Å²) in [6, 6.07) is 5.51. The molecule has 1 aliphatic rings. The van der Waals surface area contributed by atoms with Crippen molar-refractivity contribution in [3.8, 4) is 6.07 Å². The summed E-state index contributed by atoms with van der Waals surface area (Å²) in [6.07, 6.45) is 4.59. The largest absolute Gasteiger partial charge is 0.393 e. The van der Waals surface area contributed by atoms with Crippen LogP contribution in [0.1, 0.15) is 25.0 Å². The lowest BCUT2D eigenvalue weighted by Gasteiger charge is -2.15. The van der Waals surface area contributed by atoms with Crippen LogP contribution >= 0.6 is 0 Å². The topological polar surface area (TPSA) is 68.9 Å². The number of nitriles is 1. The van der Waals surface area contributed by atoms with Gasteiger partial charge in [0.05, 0.1) is 18.0 Å². The number of hydrogen-bond acceptors (Lipinski definition) is 4. The van der Waals surface area contributed by atoms with E-state index in [1.54, 1.807) is 12.3 Å². The molecule has 0 amide bonds. The zero-order chi connectivity index (χ0) is 11.4.